The van der Waals surface area contributed by atoms with Crippen LogP contribution in [-0.4, -0.2) is 17.9 Å². The maximum atomic E-state index is 11.5. The molecule has 0 aromatic carbocycles. The number of carbonyl (C=O) groups is 1. The molecule has 0 aromatic rings. The minimum atomic E-state index is 0.170. The summed E-state index contributed by atoms with van der Waals surface area (Å²) in [5.74, 6) is 0.964. The van der Waals surface area contributed by atoms with Gasteiger partial charge in [0.05, 0.1) is 0 Å². The third kappa shape index (κ3) is 5.38. The minimum Gasteiger partial charge on any atom is -0.312 e. The van der Waals surface area contributed by atoms with Crippen molar-refractivity contribution in [1.82, 2.24) is 5.32 Å². The van der Waals surface area contributed by atoms with Crippen molar-refractivity contribution in [2.24, 2.45) is 11.8 Å². The molecule has 1 N–H and O–H groups in total. The third-order valence-electron chi connectivity index (χ3n) is 2.62. The molecule has 0 amide bonds. The van der Waals surface area contributed by atoms with E-state index in [1.165, 1.54) is 0 Å². The fourth-order valence-corrected chi connectivity index (χ4v) is 1.42. The topological polar surface area (TPSA) is 29.1 Å². The van der Waals surface area contributed by atoms with E-state index >= 15 is 0 Å². The van der Waals surface area contributed by atoms with E-state index in [1.54, 1.807) is 0 Å². The maximum absolute atomic E-state index is 11.5. The average molecular weight is 199 g/mol. The van der Waals surface area contributed by atoms with Gasteiger partial charge in [-0.15, -0.1) is 0 Å². The molecule has 0 fully saturated rings. The Kier molecular flexibility index (Phi) is 6.01. The van der Waals surface area contributed by atoms with Gasteiger partial charge in [-0.25, -0.2) is 0 Å². The normalized spacial score (nSPS) is 16.0. The van der Waals surface area contributed by atoms with Gasteiger partial charge in [-0.05, 0) is 12.8 Å². The van der Waals surface area contributed by atoms with E-state index in [0.717, 1.165) is 0 Å². The molecule has 14 heavy (non-hydrogen) atoms. The first-order valence-corrected chi connectivity index (χ1v) is 5.63. The number of hydrogen-bond donors (Lipinski definition) is 1. The molecule has 2 atom stereocenters. The number of Topliss-reactive ketones (excluding diaryl/α,β-unsaturated/α-hetero) is 1. The van der Waals surface area contributed by atoms with Crippen LogP contribution in [0, 0.1) is 11.8 Å². The zero-order valence-corrected chi connectivity index (χ0v) is 10.4. The van der Waals surface area contributed by atoms with E-state index in [-0.39, 0.29) is 5.92 Å². The second-order valence-electron chi connectivity index (χ2n) is 4.91. The molecule has 0 radical (unpaired) electrons. The molecular weight excluding hydrogens is 174 g/mol. The molecule has 0 aliphatic heterocycles. The smallest absolute Gasteiger partial charge is 0.135 e. The Morgan fingerprint density at radius 3 is 1.93 bits per heavy atom. The monoisotopic (exact) mass is 199 g/mol. The molecule has 0 saturated heterocycles. The lowest BCUT2D eigenvalue weighted by atomic mass is 9.92. The van der Waals surface area contributed by atoms with Crippen LogP contribution in [0.15, 0.2) is 0 Å². The van der Waals surface area contributed by atoms with Crippen molar-refractivity contribution >= 4 is 5.78 Å². The summed E-state index contributed by atoms with van der Waals surface area (Å²) in [6.45, 7) is 12.5. The summed E-state index contributed by atoms with van der Waals surface area (Å²) in [6.07, 6.45) is 0.693. The lowest BCUT2D eigenvalue weighted by molar-refractivity contribution is -0.122. The van der Waals surface area contributed by atoms with Crippen LogP contribution in [0.3, 0.4) is 0 Å². The zero-order valence-electron chi connectivity index (χ0n) is 10.4. The van der Waals surface area contributed by atoms with Crippen LogP contribution in [0.4, 0.5) is 0 Å². The predicted molar refractivity (Wildman–Crippen MR) is 61.4 cm³/mol. The molecule has 2 heteroatoms. The van der Waals surface area contributed by atoms with E-state index < -0.39 is 0 Å². The summed E-state index contributed by atoms with van der Waals surface area (Å²) < 4.78 is 0. The predicted octanol–water partition coefficient (Wildman–Crippen LogP) is 2.62. The molecule has 0 aliphatic rings. The van der Waals surface area contributed by atoms with Crippen molar-refractivity contribution in [1.29, 1.82) is 0 Å². The molecule has 0 bridgehead atoms. The summed E-state index contributed by atoms with van der Waals surface area (Å²) in [7, 11) is 0. The summed E-state index contributed by atoms with van der Waals surface area (Å²) >= 11 is 0. The van der Waals surface area contributed by atoms with Gasteiger partial charge in [0.25, 0.3) is 0 Å². The van der Waals surface area contributed by atoms with Gasteiger partial charge < -0.3 is 5.32 Å². The second-order valence-corrected chi connectivity index (χ2v) is 4.91. The van der Waals surface area contributed by atoms with Crippen molar-refractivity contribution in [3.05, 3.63) is 0 Å². The molecule has 0 spiro atoms. The quantitative estimate of drug-likeness (QED) is 0.712. The molecule has 0 saturated carbocycles. The summed E-state index contributed by atoms with van der Waals surface area (Å²) in [4.78, 5) is 11.5. The molecular formula is C12H25NO. The van der Waals surface area contributed by atoms with Crippen molar-refractivity contribution in [2.75, 3.05) is 0 Å². The Balaban J connectivity index is 3.94. The number of rotatable bonds is 6. The highest BCUT2D eigenvalue weighted by Crippen LogP contribution is 2.12. The Bertz CT molecular complexity index is 175. The molecule has 0 aromatic heterocycles. The molecule has 2 unspecified atom stereocenters. The zero-order chi connectivity index (χ0) is 11.3. The van der Waals surface area contributed by atoms with E-state index in [9.17, 15) is 4.79 Å². The van der Waals surface area contributed by atoms with Gasteiger partial charge in [0.1, 0.15) is 5.78 Å². The number of hydrogen-bond acceptors (Lipinski definition) is 2. The fourth-order valence-electron chi connectivity index (χ4n) is 1.42. The van der Waals surface area contributed by atoms with Gasteiger partial charge in [-0.2, -0.15) is 0 Å². The Morgan fingerprint density at radius 2 is 1.57 bits per heavy atom. The molecule has 2 nitrogen and oxygen atoms in total. The van der Waals surface area contributed by atoms with Gasteiger partial charge in [-0.1, -0.05) is 34.6 Å². The SMILES string of the molecule is CC(C)NC(C)C(C)CC(=O)C(C)C. The summed E-state index contributed by atoms with van der Waals surface area (Å²) in [5, 5.41) is 3.43. The number of nitrogens with one attached hydrogen (secondary N) is 1. The van der Waals surface area contributed by atoms with Crippen LogP contribution >= 0.6 is 0 Å². The third-order valence-corrected chi connectivity index (χ3v) is 2.62. The fraction of sp³-hybridized carbons (Fsp3) is 0.917. The molecule has 0 heterocycles. The Hall–Kier alpha value is -0.370. The lowest BCUT2D eigenvalue weighted by Crippen LogP contribution is -2.38. The Labute approximate surface area is 88.5 Å². The van der Waals surface area contributed by atoms with Crippen molar-refractivity contribution in [3.63, 3.8) is 0 Å². The van der Waals surface area contributed by atoms with E-state index in [0.29, 0.717) is 30.2 Å². The van der Waals surface area contributed by atoms with Gasteiger partial charge in [0.15, 0.2) is 0 Å². The summed E-state index contributed by atoms with van der Waals surface area (Å²) in [5.41, 5.74) is 0. The van der Waals surface area contributed by atoms with Crippen LogP contribution in [-0.2, 0) is 4.79 Å². The minimum absolute atomic E-state index is 0.170. The molecule has 0 aliphatic carbocycles. The first-order chi connectivity index (χ1) is 6.34. The highest BCUT2D eigenvalue weighted by Gasteiger charge is 2.17. The van der Waals surface area contributed by atoms with Gasteiger partial charge in [-0.3, -0.25) is 4.79 Å². The largest absolute Gasteiger partial charge is 0.312 e. The first-order valence-electron chi connectivity index (χ1n) is 5.63. The van der Waals surface area contributed by atoms with Crippen molar-refractivity contribution in [3.8, 4) is 0 Å². The van der Waals surface area contributed by atoms with Gasteiger partial charge in [0, 0.05) is 24.4 Å². The van der Waals surface area contributed by atoms with Crippen LogP contribution < -0.4 is 5.32 Å². The van der Waals surface area contributed by atoms with Gasteiger partial charge >= 0.3 is 0 Å². The maximum Gasteiger partial charge on any atom is 0.135 e. The summed E-state index contributed by atoms with van der Waals surface area (Å²) in [6, 6.07) is 0.902. The van der Waals surface area contributed by atoms with Crippen LogP contribution in [0.5, 0.6) is 0 Å². The van der Waals surface area contributed by atoms with E-state index in [1.807, 2.05) is 13.8 Å². The lowest BCUT2D eigenvalue weighted by Gasteiger charge is -2.23. The van der Waals surface area contributed by atoms with Crippen LogP contribution in [0.1, 0.15) is 48.0 Å². The van der Waals surface area contributed by atoms with Gasteiger partial charge in [0.2, 0.25) is 0 Å². The molecule has 84 valence electrons. The highest BCUT2D eigenvalue weighted by atomic mass is 16.1. The van der Waals surface area contributed by atoms with Crippen LogP contribution in [0.25, 0.3) is 0 Å². The highest BCUT2D eigenvalue weighted by molar-refractivity contribution is 5.80. The average Bonchev–Trinajstić information content (AvgIpc) is 2.02. The number of ketones is 1. The molecule has 0 rings (SSSR count). The first kappa shape index (κ1) is 13.6. The standard InChI is InChI=1S/C12H25NO/c1-8(2)12(14)7-10(5)11(6)13-9(3)4/h8-11,13H,7H2,1-6H3. The van der Waals surface area contributed by atoms with Crippen molar-refractivity contribution < 1.29 is 4.79 Å². The number of carbonyl (C=O) groups excluding carboxylic acids is 1. The van der Waals surface area contributed by atoms with Crippen LogP contribution in [0.2, 0.25) is 0 Å². The van der Waals surface area contributed by atoms with E-state index in [4.69, 9.17) is 0 Å². The van der Waals surface area contributed by atoms with E-state index in [2.05, 4.69) is 33.0 Å². The second kappa shape index (κ2) is 6.18. The Morgan fingerprint density at radius 1 is 1.07 bits per heavy atom. The van der Waals surface area contributed by atoms with Crippen molar-refractivity contribution in [2.45, 2.75) is 60.0 Å².